The summed E-state index contributed by atoms with van der Waals surface area (Å²) in [5, 5.41) is 0. The minimum absolute atomic E-state index is 0.168. The van der Waals surface area contributed by atoms with E-state index in [1.54, 1.807) is 14.2 Å². The van der Waals surface area contributed by atoms with Crippen molar-refractivity contribution in [1.82, 2.24) is 4.90 Å². The van der Waals surface area contributed by atoms with E-state index >= 15 is 0 Å². The van der Waals surface area contributed by atoms with Gasteiger partial charge in [-0.05, 0) is 37.6 Å². The highest BCUT2D eigenvalue weighted by Crippen LogP contribution is 2.38. The maximum absolute atomic E-state index is 11.7. The summed E-state index contributed by atoms with van der Waals surface area (Å²) in [5.41, 5.74) is 1.12. The Hall–Kier alpha value is -1.75. The number of likely N-dealkylation sites (tertiary alicyclic amines) is 1. The summed E-state index contributed by atoms with van der Waals surface area (Å²) >= 11 is 0. The summed E-state index contributed by atoms with van der Waals surface area (Å²) in [4.78, 5) is 13.8. The molecule has 0 aliphatic carbocycles. The second kappa shape index (κ2) is 6.13. The third-order valence-corrected chi connectivity index (χ3v) is 3.96. The molecule has 1 aliphatic rings. The smallest absolute Gasteiger partial charge is 0.323 e. The highest BCUT2D eigenvalue weighted by Gasteiger charge is 2.36. The standard InChI is InChI=1S/C15H21NO4/c1-16-11(6-7-12(16)15(17)20-4)10-5-8-13(18-2)14(9-10)19-3/h5,8-9,11-12H,6-7H2,1-4H3. The van der Waals surface area contributed by atoms with Gasteiger partial charge in [0.2, 0.25) is 0 Å². The lowest BCUT2D eigenvalue weighted by Crippen LogP contribution is -2.35. The second-order valence-corrected chi connectivity index (χ2v) is 4.91. The van der Waals surface area contributed by atoms with Crippen molar-refractivity contribution in [2.75, 3.05) is 28.4 Å². The molecule has 0 saturated carbocycles. The van der Waals surface area contributed by atoms with Crippen LogP contribution in [0.15, 0.2) is 18.2 Å². The van der Waals surface area contributed by atoms with Gasteiger partial charge in [-0.3, -0.25) is 9.69 Å². The number of ether oxygens (including phenoxy) is 3. The average molecular weight is 279 g/mol. The van der Waals surface area contributed by atoms with E-state index in [9.17, 15) is 4.79 Å². The van der Waals surface area contributed by atoms with E-state index in [-0.39, 0.29) is 18.1 Å². The molecular weight excluding hydrogens is 258 g/mol. The molecule has 1 aromatic carbocycles. The van der Waals surface area contributed by atoms with E-state index in [0.717, 1.165) is 18.4 Å². The van der Waals surface area contributed by atoms with Crippen LogP contribution in [-0.2, 0) is 9.53 Å². The van der Waals surface area contributed by atoms with E-state index in [1.807, 2.05) is 25.2 Å². The van der Waals surface area contributed by atoms with Crippen LogP contribution in [0.5, 0.6) is 11.5 Å². The molecule has 1 heterocycles. The molecule has 110 valence electrons. The Bertz CT molecular complexity index is 489. The Balaban J connectivity index is 2.22. The van der Waals surface area contributed by atoms with Gasteiger partial charge in [0.15, 0.2) is 11.5 Å². The lowest BCUT2D eigenvalue weighted by molar-refractivity contribution is -0.145. The van der Waals surface area contributed by atoms with E-state index < -0.39 is 0 Å². The van der Waals surface area contributed by atoms with Crippen LogP contribution < -0.4 is 9.47 Å². The molecule has 0 aromatic heterocycles. The first-order valence-corrected chi connectivity index (χ1v) is 6.64. The second-order valence-electron chi connectivity index (χ2n) is 4.91. The molecule has 2 unspecified atom stereocenters. The van der Waals surface area contributed by atoms with Gasteiger partial charge in [0.1, 0.15) is 6.04 Å². The van der Waals surface area contributed by atoms with Crippen LogP contribution >= 0.6 is 0 Å². The lowest BCUT2D eigenvalue weighted by Gasteiger charge is -2.25. The molecule has 0 spiro atoms. The molecule has 5 heteroatoms. The Morgan fingerprint density at radius 2 is 1.85 bits per heavy atom. The summed E-state index contributed by atoms with van der Waals surface area (Å²) < 4.78 is 15.4. The van der Waals surface area contributed by atoms with Gasteiger partial charge in [-0.1, -0.05) is 6.07 Å². The largest absolute Gasteiger partial charge is 0.493 e. The predicted molar refractivity (Wildman–Crippen MR) is 75.1 cm³/mol. The molecular formula is C15H21NO4. The molecule has 2 atom stereocenters. The van der Waals surface area contributed by atoms with Crippen molar-refractivity contribution in [3.63, 3.8) is 0 Å². The molecule has 1 aromatic rings. The van der Waals surface area contributed by atoms with Gasteiger partial charge in [0, 0.05) is 6.04 Å². The number of carbonyl (C=O) groups is 1. The zero-order valence-electron chi connectivity index (χ0n) is 12.4. The van der Waals surface area contributed by atoms with Crippen molar-refractivity contribution >= 4 is 5.97 Å². The number of esters is 1. The van der Waals surface area contributed by atoms with Crippen LogP contribution in [0.1, 0.15) is 24.4 Å². The molecule has 1 saturated heterocycles. The Morgan fingerprint density at radius 1 is 1.15 bits per heavy atom. The number of nitrogens with zero attached hydrogens (tertiary/aromatic N) is 1. The van der Waals surface area contributed by atoms with E-state index in [1.165, 1.54) is 7.11 Å². The predicted octanol–water partition coefficient (Wildman–Crippen LogP) is 2.01. The van der Waals surface area contributed by atoms with Crippen LogP contribution in [0.3, 0.4) is 0 Å². The van der Waals surface area contributed by atoms with Crippen molar-refractivity contribution in [2.24, 2.45) is 0 Å². The number of methoxy groups -OCH3 is 3. The first kappa shape index (κ1) is 14.7. The Morgan fingerprint density at radius 3 is 2.45 bits per heavy atom. The number of likely N-dealkylation sites (N-methyl/N-ethyl adjacent to an activating group) is 1. The summed E-state index contributed by atoms with van der Waals surface area (Å²) in [6.45, 7) is 0. The highest BCUT2D eigenvalue weighted by molar-refractivity contribution is 5.76. The number of hydrogen-bond acceptors (Lipinski definition) is 5. The highest BCUT2D eigenvalue weighted by atomic mass is 16.5. The maximum atomic E-state index is 11.7. The normalized spacial score (nSPS) is 22.6. The molecule has 1 fully saturated rings. The third kappa shape index (κ3) is 2.58. The molecule has 0 N–H and O–H groups in total. The Labute approximate surface area is 119 Å². The van der Waals surface area contributed by atoms with E-state index in [0.29, 0.717) is 11.5 Å². The van der Waals surface area contributed by atoms with Crippen molar-refractivity contribution < 1.29 is 19.0 Å². The number of benzene rings is 1. The minimum Gasteiger partial charge on any atom is -0.493 e. The minimum atomic E-state index is -0.171. The number of rotatable bonds is 4. The fourth-order valence-electron chi connectivity index (χ4n) is 2.82. The number of carbonyl (C=O) groups excluding carboxylic acids is 1. The molecule has 5 nitrogen and oxygen atoms in total. The monoisotopic (exact) mass is 279 g/mol. The molecule has 0 radical (unpaired) electrons. The van der Waals surface area contributed by atoms with E-state index in [4.69, 9.17) is 14.2 Å². The van der Waals surface area contributed by atoms with Gasteiger partial charge in [-0.15, -0.1) is 0 Å². The summed E-state index contributed by atoms with van der Waals surface area (Å²) in [5.74, 6) is 1.25. The zero-order chi connectivity index (χ0) is 14.7. The Kier molecular flexibility index (Phi) is 4.49. The van der Waals surface area contributed by atoms with Gasteiger partial charge >= 0.3 is 5.97 Å². The van der Waals surface area contributed by atoms with Crippen molar-refractivity contribution in [2.45, 2.75) is 24.9 Å². The van der Waals surface area contributed by atoms with Gasteiger partial charge in [-0.25, -0.2) is 0 Å². The summed E-state index contributed by atoms with van der Waals surface area (Å²) in [7, 11) is 6.62. The molecule has 20 heavy (non-hydrogen) atoms. The fourth-order valence-corrected chi connectivity index (χ4v) is 2.82. The van der Waals surface area contributed by atoms with E-state index in [2.05, 4.69) is 4.90 Å². The molecule has 2 rings (SSSR count). The zero-order valence-corrected chi connectivity index (χ0v) is 12.4. The summed E-state index contributed by atoms with van der Waals surface area (Å²) in [6.07, 6.45) is 1.73. The van der Waals surface area contributed by atoms with Crippen LogP contribution in [0.25, 0.3) is 0 Å². The van der Waals surface area contributed by atoms with Gasteiger partial charge in [0.05, 0.1) is 21.3 Å². The lowest BCUT2D eigenvalue weighted by atomic mass is 10.0. The third-order valence-electron chi connectivity index (χ3n) is 3.96. The van der Waals surface area contributed by atoms with Crippen molar-refractivity contribution in [3.05, 3.63) is 23.8 Å². The summed E-state index contributed by atoms with van der Waals surface area (Å²) in [6, 6.07) is 5.91. The topological polar surface area (TPSA) is 48.0 Å². The van der Waals surface area contributed by atoms with Gasteiger partial charge in [-0.2, -0.15) is 0 Å². The van der Waals surface area contributed by atoms with Crippen LogP contribution in [0.4, 0.5) is 0 Å². The SMILES string of the molecule is COC(=O)C1CCC(c2ccc(OC)c(OC)c2)N1C. The molecule has 1 aliphatic heterocycles. The van der Waals surface area contributed by atoms with Crippen LogP contribution in [0, 0.1) is 0 Å². The first-order valence-electron chi connectivity index (χ1n) is 6.64. The first-order chi connectivity index (χ1) is 9.62. The molecule has 0 amide bonds. The van der Waals surface area contributed by atoms with Gasteiger partial charge < -0.3 is 14.2 Å². The van der Waals surface area contributed by atoms with Crippen LogP contribution in [-0.4, -0.2) is 45.3 Å². The number of hydrogen-bond donors (Lipinski definition) is 0. The van der Waals surface area contributed by atoms with Crippen molar-refractivity contribution in [1.29, 1.82) is 0 Å². The van der Waals surface area contributed by atoms with Gasteiger partial charge in [0.25, 0.3) is 0 Å². The molecule has 0 bridgehead atoms. The van der Waals surface area contributed by atoms with Crippen molar-refractivity contribution in [3.8, 4) is 11.5 Å². The quantitative estimate of drug-likeness (QED) is 0.789. The fraction of sp³-hybridized carbons (Fsp3) is 0.533. The van der Waals surface area contributed by atoms with Crippen LogP contribution in [0.2, 0.25) is 0 Å². The maximum Gasteiger partial charge on any atom is 0.323 e. The average Bonchev–Trinajstić information content (AvgIpc) is 2.87.